The number of nitrogens with one attached hydrogen (secondary N) is 1. The molecule has 4 rings (SSSR count). The van der Waals surface area contributed by atoms with Gasteiger partial charge in [0.25, 0.3) is 5.91 Å². The summed E-state index contributed by atoms with van der Waals surface area (Å²) in [5.41, 5.74) is 0.511. The molecule has 0 aromatic heterocycles. The topological polar surface area (TPSA) is 71.1 Å². The first kappa shape index (κ1) is 21.9. The SMILES string of the molecule is CCN1CCC[C@@H]1CNC(=O)c1cc(OC)ccc1OC1CCN(C(=O)C2CC2)CC1. The normalized spacial score (nSPS) is 22.4. The molecule has 0 radical (unpaired) electrons. The zero-order valence-electron chi connectivity index (χ0n) is 18.8. The highest BCUT2D eigenvalue weighted by Gasteiger charge is 2.35. The highest BCUT2D eigenvalue weighted by Crippen LogP contribution is 2.33. The molecule has 1 saturated carbocycles. The summed E-state index contributed by atoms with van der Waals surface area (Å²) in [4.78, 5) is 29.7. The lowest BCUT2D eigenvalue weighted by Crippen LogP contribution is -2.42. The molecule has 170 valence electrons. The third-order valence-corrected chi connectivity index (χ3v) is 6.81. The van der Waals surface area contributed by atoms with Gasteiger partial charge in [-0.2, -0.15) is 0 Å². The maximum Gasteiger partial charge on any atom is 0.255 e. The second-order valence-electron chi connectivity index (χ2n) is 8.91. The Balaban J connectivity index is 1.37. The molecule has 2 amide bonds. The molecule has 0 spiro atoms. The van der Waals surface area contributed by atoms with Crippen molar-refractivity contribution in [1.82, 2.24) is 15.1 Å². The monoisotopic (exact) mass is 429 g/mol. The van der Waals surface area contributed by atoms with Crippen LogP contribution in [-0.4, -0.2) is 73.6 Å². The minimum atomic E-state index is -0.127. The number of hydrogen-bond acceptors (Lipinski definition) is 5. The summed E-state index contributed by atoms with van der Waals surface area (Å²) in [5.74, 6) is 1.66. The lowest BCUT2D eigenvalue weighted by molar-refractivity contribution is -0.134. The Labute approximate surface area is 185 Å². The fourth-order valence-electron chi connectivity index (χ4n) is 4.73. The summed E-state index contributed by atoms with van der Waals surface area (Å²) >= 11 is 0. The molecule has 7 nitrogen and oxygen atoms in total. The standard InChI is InChI=1S/C24H35N3O4/c1-3-26-12-4-5-18(26)16-25-23(28)21-15-20(30-2)8-9-22(21)31-19-10-13-27(14-11-19)24(29)17-6-7-17/h8-9,15,17-19H,3-7,10-14,16H2,1-2H3,(H,25,28)/t18-/m1/s1. The van der Waals surface area contributed by atoms with E-state index in [0.29, 0.717) is 35.6 Å². The van der Waals surface area contributed by atoms with Crippen LogP contribution in [0.15, 0.2) is 18.2 Å². The Hall–Kier alpha value is -2.28. The molecule has 3 fully saturated rings. The van der Waals surface area contributed by atoms with Crippen molar-refractivity contribution in [3.8, 4) is 11.5 Å². The number of amides is 2. The Kier molecular flexibility index (Phi) is 7.00. The molecule has 31 heavy (non-hydrogen) atoms. The van der Waals surface area contributed by atoms with Crippen molar-refractivity contribution in [3.63, 3.8) is 0 Å². The lowest BCUT2D eigenvalue weighted by Gasteiger charge is -2.32. The van der Waals surface area contributed by atoms with Gasteiger partial charge in [0, 0.05) is 44.4 Å². The van der Waals surface area contributed by atoms with Gasteiger partial charge in [-0.05, 0) is 57.0 Å². The van der Waals surface area contributed by atoms with Crippen LogP contribution in [0.2, 0.25) is 0 Å². The van der Waals surface area contributed by atoms with E-state index in [1.807, 2.05) is 17.0 Å². The van der Waals surface area contributed by atoms with Crippen LogP contribution in [0.25, 0.3) is 0 Å². The predicted molar refractivity (Wildman–Crippen MR) is 119 cm³/mol. The third kappa shape index (κ3) is 5.32. The molecule has 1 aromatic carbocycles. The maximum absolute atomic E-state index is 13.0. The van der Waals surface area contributed by atoms with E-state index in [9.17, 15) is 9.59 Å². The molecular weight excluding hydrogens is 394 g/mol. The van der Waals surface area contributed by atoms with Gasteiger partial charge in [0.05, 0.1) is 12.7 Å². The van der Waals surface area contributed by atoms with Gasteiger partial charge in [0.1, 0.15) is 17.6 Å². The Morgan fingerprint density at radius 3 is 2.55 bits per heavy atom. The quantitative estimate of drug-likeness (QED) is 0.688. The highest BCUT2D eigenvalue weighted by molar-refractivity contribution is 5.97. The van der Waals surface area contributed by atoms with E-state index in [1.165, 1.54) is 6.42 Å². The number of rotatable bonds is 8. The summed E-state index contributed by atoms with van der Waals surface area (Å²) in [7, 11) is 1.60. The number of carbonyl (C=O) groups excluding carboxylic acids is 2. The predicted octanol–water partition coefficient (Wildman–Crippen LogP) is 2.69. The van der Waals surface area contributed by atoms with Crippen molar-refractivity contribution in [2.75, 3.05) is 39.8 Å². The van der Waals surface area contributed by atoms with Crippen molar-refractivity contribution in [2.45, 2.75) is 57.6 Å². The maximum atomic E-state index is 13.0. The van der Waals surface area contributed by atoms with Gasteiger partial charge in [-0.1, -0.05) is 6.92 Å². The van der Waals surface area contributed by atoms with E-state index in [1.54, 1.807) is 13.2 Å². The number of nitrogens with zero attached hydrogens (tertiary/aromatic N) is 2. The number of carbonyl (C=O) groups is 2. The van der Waals surface area contributed by atoms with Gasteiger partial charge in [-0.25, -0.2) is 0 Å². The van der Waals surface area contributed by atoms with E-state index in [4.69, 9.17) is 9.47 Å². The Bertz CT molecular complexity index is 787. The summed E-state index contributed by atoms with van der Waals surface area (Å²) in [5, 5.41) is 3.11. The smallest absolute Gasteiger partial charge is 0.255 e. The van der Waals surface area contributed by atoms with Crippen LogP contribution < -0.4 is 14.8 Å². The molecule has 0 unspecified atom stereocenters. The Morgan fingerprint density at radius 2 is 1.87 bits per heavy atom. The first-order chi connectivity index (χ1) is 15.1. The first-order valence-electron chi connectivity index (χ1n) is 11.7. The molecule has 2 saturated heterocycles. The fraction of sp³-hybridized carbons (Fsp3) is 0.667. The van der Waals surface area contributed by atoms with E-state index >= 15 is 0 Å². The van der Waals surface area contributed by atoms with Crippen LogP contribution in [0, 0.1) is 5.92 Å². The molecule has 2 heterocycles. The summed E-state index contributed by atoms with van der Waals surface area (Å²) in [6.45, 7) is 6.38. The van der Waals surface area contributed by atoms with Gasteiger partial charge in [-0.15, -0.1) is 0 Å². The summed E-state index contributed by atoms with van der Waals surface area (Å²) < 4.78 is 11.6. The summed E-state index contributed by atoms with van der Waals surface area (Å²) in [6, 6.07) is 5.80. The fourth-order valence-corrected chi connectivity index (χ4v) is 4.73. The molecule has 1 aromatic rings. The number of ether oxygens (including phenoxy) is 2. The van der Waals surface area contributed by atoms with Crippen LogP contribution in [-0.2, 0) is 4.79 Å². The zero-order valence-corrected chi connectivity index (χ0v) is 18.8. The number of methoxy groups -OCH3 is 1. The molecule has 1 N–H and O–H groups in total. The molecule has 0 bridgehead atoms. The van der Waals surface area contributed by atoms with Crippen LogP contribution in [0.4, 0.5) is 0 Å². The largest absolute Gasteiger partial charge is 0.497 e. The van der Waals surface area contributed by atoms with E-state index in [0.717, 1.165) is 58.3 Å². The average molecular weight is 430 g/mol. The highest BCUT2D eigenvalue weighted by atomic mass is 16.5. The summed E-state index contributed by atoms with van der Waals surface area (Å²) in [6.07, 6.45) is 5.97. The molecule has 1 atom stereocenters. The van der Waals surface area contributed by atoms with Crippen LogP contribution in [0.3, 0.4) is 0 Å². The minimum Gasteiger partial charge on any atom is -0.497 e. The van der Waals surface area contributed by atoms with E-state index in [2.05, 4.69) is 17.1 Å². The second kappa shape index (κ2) is 9.90. The first-order valence-corrected chi connectivity index (χ1v) is 11.7. The van der Waals surface area contributed by atoms with Crippen molar-refractivity contribution < 1.29 is 19.1 Å². The van der Waals surface area contributed by atoms with Crippen LogP contribution >= 0.6 is 0 Å². The third-order valence-electron chi connectivity index (χ3n) is 6.81. The van der Waals surface area contributed by atoms with Gasteiger partial charge < -0.3 is 19.7 Å². The minimum absolute atomic E-state index is 0.00797. The second-order valence-corrected chi connectivity index (χ2v) is 8.91. The number of likely N-dealkylation sites (tertiary alicyclic amines) is 2. The zero-order chi connectivity index (χ0) is 21.8. The van der Waals surface area contributed by atoms with Crippen molar-refractivity contribution in [2.24, 2.45) is 5.92 Å². The number of hydrogen-bond donors (Lipinski definition) is 1. The molecule has 1 aliphatic carbocycles. The molecule has 3 aliphatic rings. The lowest BCUT2D eigenvalue weighted by atomic mass is 10.1. The van der Waals surface area contributed by atoms with E-state index < -0.39 is 0 Å². The number of piperidine rings is 1. The van der Waals surface area contributed by atoms with Crippen LogP contribution in [0.5, 0.6) is 11.5 Å². The average Bonchev–Trinajstić information content (AvgIpc) is 3.55. The van der Waals surface area contributed by atoms with Gasteiger partial charge in [0.15, 0.2) is 0 Å². The van der Waals surface area contributed by atoms with Crippen molar-refractivity contribution in [1.29, 1.82) is 0 Å². The number of likely N-dealkylation sites (N-methyl/N-ethyl adjacent to an activating group) is 1. The molecule has 7 heteroatoms. The van der Waals surface area contributed by atoms with Crippen molar-refractivity contribution >= 4 is 11.8 Å². The van der Waals surface area contributed by atoms with Gasteiger partial charge in [0.2, 0.25) is 5.91 Å². The van der Waals surface area contributed by atoms with Crippen LogP contribution in [0.1, 0.15) is 55.8 Å². The van der Waals surface area contributed by atoms with Gasteiger partial charge in [-0.3, -0.25) is 14.5 Å². The molecular formula is C24H35N3O4. The molecule has 2 aliphatic heterocycles. The van der Waals surface area contributed by atoms with Crippen molar-refractivity contribution in [3.05, 3.63) is 23.8 Å². The Morgan fingerprint density at radius 1 is 1.10 bits per heavy atom. The number of benzene rings is 1. The van der Waals surface area contributed by atoms with E-state index in [-0.39, 0.29) is 17.9 Å². The van der Waals surface area contributed by atoms with Gasteiger partial charge >= 0.3 is 0 Å².